The summed E-state index contributed by atoms with van der Waals surface area (Å²) < 4.78 is 38.9. The van der Waals surface area contributed by atoms with Gasteiger partial charge in [-0.3, -0.25) is 14.6 Å². The molecule has 2 amide bonds. The Morgan fingerprint density at radius 1 is 0.842 bits per heavy atom. The molecule has 0 aliphatic heterocycles. The Bertz CT molecular complexity index is 1490. The first-order chi connectivity index (χ1) is 18.1. The molecule has 194 valence electrons. The number of alkyl halides is 4. The number of aromatic nitrogens is 1. The number of halogens is 5. The van der Waals surface area contributed by atoms with Gasteiger partial charge in [-0.15, -0.1) is 11.6 Å². The van der Waals surface area contributed by atoms with Gasteiger partial charge in [0.2, 0.25) is 0 Å². The summed E-state index contributed by atoms with van der Waals surface area (Å²) in [5.74, 6) is -0.605. The van der Waals surface area contributed by atoms with Crippen molar-refractivity contribution in [2.75, 3.05) is 5.32 Å². The van der Waals surface area contributed by atoms with Gasteiger partial charge >= 0.3 is 6.18 Å². The Hall–Kier alpha value is -3.88. The zero-order valence-corrected chi connectivity index (χ0v) is 21.2. The van der Waals surface area contributed by atoms with E-state index in [1.165, 1.54) is 30.5 Å². The summed E-state index contributed by atoms with van der Waals surface area (Å²) in [6, 6.07) is 19.5. The van der Waals surface area contributed by atoms with Crippen molar-refractivity contribution < 1.29 is 22.8 Å². The van der Waals surface area contributed by atoms with Gasteiger partial charge in [-0.25, -0.2) is 0 Å². The van der Waals surface area contributed by atoms with E-state index >= 15 is 0 Å². The van der Waals surface area contributed by atoms with E-state index in [9.17, 15) is 22.8 Å². The Kier molecular flexibility index (Phi) is 8.34. The predicted molar refractivity (Wildman–Crippen MR) is 141 cm³/mol. The first-order valence-electron chi connectivity index (χ1n) is 11.3. The molecule has 4 aromatic rings. The summed E-state index contributed by atoms with van der Waals surface area (Å²) in [6.45, 7) is -0.0970. The van der Waals surface area contributed by atoms with Crippen LogP contribution in [0.2, 0.25) is 5.02 Å². The van der Waals surface area contributed by atoms with E-state index in [1.54, 1.807) is 36.4 Å². The topological polar surface area (TPSA) is 71.1 Å². The molecule has 0 saturated carbocycles. The molecule has 1 heterocycles. The van der Waals surface area contributed by atoms with E-state index in [0.29, 0.717) is 33.1 Å². The largest absolute Gasteiger partial charge is 0.416 e. The molecule has 5 nitrogen and oxygen atoms in total. The third-order valence-corrected chi connectivity index (χ3v) is 6.12. The molecule has 0 fully saturated rings. The molecule has 0 bridgehead atoms. The second-order valence-electron chi connectivity index (χ2n) is 8.29. The fraction of sp³-hybridized carbons (Fsp3) is 0.107. The summed E-state index contributed by atoms with van der Waals surface area (Å²) in [7, 11) is 0. The van der Waals surface area contributed by atoms with Crippen LogP contribution in [0.1, 0.15) is 37.4 Å². The number of anilines is 1. The molecule has 0 spiro atoms. The molecule has 2 N–H and O–H groups in total. The maximum Gasteiger partial charge on any atom is 0.416 e. The monoisotopic (exact) mass is 557 g/mol. The molecule has 0 atom stereocenters. The SMILES string of the molecule is O=C(NCc1cccc(C(F)(F)F)c1)c1ccnc(-c2cc(Cl)ccc2NC(=O)c2cccc(CCl)c2)c1. The van der Waals surface area contributed by atoms with Crippen LogP contribution in [0.25, 0.3) is 11.3 Å². The molecule has 0 aliphatic carbocycles. The normalized spacial score (nSPS) is 11.2. The first-order valence-corrected chi connectivity index (χ1v) is 12.2. The minimum Gasteiger partial charge on any atom is -0.348 e. The van der Waals surface area contributed by atoms with Crippen molar-refractivity contribution in [3.8, 4) is 11.3 Å². The van der Waals surface area contributed by atoms with Crippen LogP contribution >= 0.6 is 23.2 Å². The summed E-state index contributed by atoms with van der Waals surface area (Å²) in [5, 5.41) is 5.86. The molecule has 10 heteroatoms. The number of carbonyl (C=O) groups excluding carboxylic acids is 2. The van der Waals surface area contributed by atoms with Crippen LogP contribution in [-0.2, 0) is 18.6 Å². The van der Waals surface area contributed by atoms with Crippen LogP contribution in [0.3, 0.4) is 0 Å². The minimum absolute atomic E-state index is 0.0970. The van der Waals surface area contributed by atoms with Gasteiger partial charge < -0.3 is 10.6 Å². The van der Waals surface area contributed by atoms with Gasteiger partial charge in [0.1, 0.15) is 0 Å². The summed E-state index contributed by atoms with van der Waals surface area (Å²) in [6.07, 6.45) is -3.05. The number of hydrogen-bond acceptors (Lipinski definition) is 3. The quantitative estimate of drug-likeness (QED) is 0.233. The zero-order valence-electron chi connectivity index (χ0n) is 19.7. The lowest BCUT2D eigenvalue weighted by Gasteiger charge is -2.13. The number of pyridine rings is 1. The van der Waals surface area contributed by atoms with Crippen molar-refractivity contribution in [3.05, 3.63) is 118 Å². The fourth-order valence-electron chi connectivity index (χ4n) is 3.69. The van der Waals surface area contributed by atoms with Crippen molar-refractivity contribution >= 4 is 40.7 Å². The standard InChI is InChI=1S/C28H20Cl2F3N3O2/c29-15-17-3-1-5-19(11-17)27(38)36-24-8-7-22(30)14-23(24)25-13-20(9-10-34-25)26(37)35-16-18-4-2-6-21(12-18)28(31,32)33/h1-14H,15-16H2,(H,35,37)(H,36,38). The Balaban J connectivity index is 1.54. The second-order valence-corrected chi connectivity index (χ2v) is 8.99. The number of rotatable bonds is 7. The molecule has 0 saturated heterocycles. The molecule has 3 aromatic carbocycles. The van der Waals surface area contributed by atoms with E-state index < -0.39 is 17.6 Å². The highest BCUT2D eigenvalue weighted by atomic mass is 35.5. The van der Waals surface area contributed by atoms with Crippen LogP contribution in [0, 0.1) is 0 Å². The second kappa shape index (κ2) is 11.7. The molecule has 1 aromatic heterocycles. The van der Waals surface area contributed by atoms with E-state index in [-0.39, 0.29) is 23.9 Å². The average molecular weight is 558 g/mol. The summed E-state index contributed by atoms with van der Waals surface area (Å²) in [4.78, 5) is 30.0. The van der Waals surface area contributed by atoms with Crippen LogP contribution in [0.15, 0.2) is 85.1 Å². The van der Waals surface area contributed by atoms with E-state index in [4.69, 9.17) is 23.2 Å². The van der Waals surface area contributed by atoms with Gasteiger partial charge in [0.15, 0.2) is 0 Å². The zero-order chi connectivity index (χ0) is 27.3. The van der Waals surface area contributed by atoms with Gasteiger partial charge in [0, 0.05) is 40.3 Å². The molecule has 38 heavy (non-hydrogen) atoms. The van der Waals surface area contributed by atoms with Gasteiger partial charge in [-0.05, 0) is 65.7 Å². The average Bonchev–Trinajstić information content (AvgIpc) is 2.92. The molecule has 0 unspecified atom stereocenters. The third kappa shape index (κ3) is 6.70. The number of benzene rings is 3. The van der Waals surface area contributed by atoms with Gasteiger partial charge in [-0.1, -0.05) is 35.9 Å². The fourth-order valence-corrected chi connectivity index (χ4v) is 4.03. The van der Waals surface area contributed by atoms with Gasteiger partial charge in [0.05, 0.1) is 16.9 Å². The highest BCUT2D eigenvalue weighted by molar-refractivity contribution is 6.31. The molecular weight excluding hydrogens is 538 g/mol. The van der Waals surface area contributed by atoms with Crippen LogP contribution in [-0.4, -0.2) is 16.8 Å². The van der Waals surface area contributed by atoms with Crippen molar-refractivity contribution in [2.24, 2.45) is 0 Å². The molecule has 0 radical (unpaired) electrons. The number of hydrogen-bond donors (Lipinski definition) is 2. The maximum atomic E-state index is 13.0. The maximum absolute atomic E-state index is 13.0. The smallest absolute Gasteiger partial charge is 0.348 e. The molecule has 4 rings (SSSR count). The minimum atomic E-state index is -4.48. The first kappa shape index (κ1) is 27.2. The lowest BCUT2D eigenvalue weighted by molar-refractivity contribution is -0.137. The van der Waals surface area contributed by atoms with Crippen molar-refractivity contribution in [1.29, 1.82) is 0 Å². The van der Waals surface area contributed by atoms with Crippen molar-refractivity contribution in [2.45, 2.75) is 18.6 Å². The summed E-state index contributed by atoms with van der Waals surface area (Å²) >= 11 is 12.1. The Labute approximate surface area is 226 Å². The van der Waals surface area contributed by atoms with Crippen LogP contribution in [0.5, 0.6) is 0 Å². The number of nitrogens with zero attached hydrogens (tertiary/aromatic N) is 1. The molecule has 0 aliphatic rings. The van der Waals surface area contributed by atoms with Crippen LogP contribution < -0.4 is 10.6 Å². The van der Waals surface area contributed by atoms with E-state index in [2.05, 4.69) is 15.6 Å². The summed E-state index contributed by atoms with van der Waals surface area (Å²) in [5.41, 5.74) is 2.22. The number of amides is 2. The van der Waals surface area contributed by atoms with E-state index in [1.807, 2.05) is 6.07 Å². The number of nitrogens with one attached hydrogen (secondary N) is 2. The number of carbonyl (C=O) groups is 2. The Morgan fingerprint density at radius 3 is 2.34 bits per heavy atom. The Morgan fingerprint density at radius 2 is 1.58 bits per heavy atom. The predicted octanol–water partition coefficient (Wildman–Crippen LogP) is 7.34. The van der Waals surface area contributed by atoms with Crippen molar-refractivity contribution in [1.82, 2.24) is 10.3 Å². The lowest BCUT2D eigenvalue weighted by Crippen LogP contribution is -2.23. The van der Waals surface area contributed by atoms with Crippen molar-refractivity contribution in [3.63, 3.8) is 0 Å². The van der Waals surface area contributed by atoms with Gasteiger partial charge in [0.25, 0.3) is 11.8 Å². The highest BCUT2D eigenvalue weighted by Crippen LogP contribution is 2.31. The lowest BCUT2D eigenvalue weighted by atomic mass is 10.1. The van der Waals surface area contributed by atoms with E-state index in [0.717, 1.165) is 17.7 Å². The van der Waals surface area contributed by atoms with Gasteiger partial charge in [-0.2, -0.15) is 13.2 Å². The van der Waals surface area contributed by atoms with Crippen LogP contribution in [0.4, 0.5) is 18.9 Å². The highest BCUT2D eigenvalue weighted by Gasteiger charge is 2.30. The molecular formula is C28H20Cl2F3N3O2. The third-order valence-electron chi connectivity index (χ3n) is 5.58.